The first-order chi connectivity index (χ1) is 20.4. The Balaban J connectivity index is 1.42. The number of hydrogen-bond donors (Lipinski definition) is 1. The third kappa shape index (κ3) is 4.08. The molecule has 9 heteroatoms. The van der Waals surface area contributed by atoms with Crippen molar-refractivity contribution in [2.24, 2.45) is 7.05 Å². The van der Waals surface area contributed by atoms with Gasteiger partial charge in [-0.2, -0.15) is 10.2 Å². The molecule has 0 spiro atoms. The quantitative estimate of drug-likeness (QED) is 0.332. The number of nitrogens with zero attached hydrogens (tertiary/aromatic N) is 6. The molecule has 2 aromatic carbocycles. The fraction of sp³-hybridized carbons (Fsp3) is 0.182. The number of fused-ring (bicyclic) bond motifs is 1. The smallest absolute Gasteiger partial charge is 0.264 e. The predicted molar refractivity (Wildman–Crippen MR) is 160 cm³/mol. The van der Waals surface area contributed by atoms with Crippen molar-refractivity contribution in [2.75, 3.05) is 0 Å². The van der Waals surface area contributed by atoms with Gasteiger partial charge in [-0.25, -0.2) is 9.50 Å². The van der Waals surface area contributed by atoms with Crippen molar-refractivity contribution >= 4 is 22.3 Å². The van der Waals surface area contributed by atoms with Gasteiger partial charge in [-0.05, 0) is 67.5 Å². The molecule has 42 heavy (non-hydrogen) atoms. The summed E-state index contributed by atoms with van der Waals surface area (Å²) in [5.41, 5.74) is 6.45. The second kappa shape index (κ2) is 9.85. The van der Waals surface area contributed by atoms with Crippen LogP contribution in [0.4, 0.5) is 0 Å². The van der Waals surface area contributed by atoms with Crippen LogP contribution in [0.1, 0.15) is 57.0 Å². The average Bonchev–Trinajstić information content (AvgIpc) is 3.70. The first-order valence-corrected chi connectivity index (χ1v) is 13.8. The SMILES string of the molecule is Cc1nn2cccnc2c1C(=O)N[C@H](C)c1c2c3c(ccc(C#Cc4cnn(C)c4)c3c(=O)n1-c1ccccc1)CC2. The standard InChI is InChI=1S/C33H27N7O2/c1-20-27(31-34-16-7-17-39(31)37-20)32(41)36-21(2)30-26-15-14-23-12-13-24(11-10-22-18-35-38(3)19-22)29(28(23)26)33(42)40(30)25-8-5-4-6-9-25/h4-9,12-13,16-19,21H,14-15H2,1-3H3,(H,36,41)/t21-/m1/s1. The predicted octanol–water partition coefficient (Wildman–Crippen LogP) is 4.06. The Morgan fingerprint density at radius 1 is 1.05 bits per heavy atom. The minimum absolute atomic E-state index is 0.163. The van der Waals surface area contributed by atoms with Crippen molar-refractivity contribution in [3.8, 4) is 17.5 Å². The summed E-state index contributed by atoms with van der Waals surface area (Å²) in [6.07, 6.45) is 8.53. The molecule has 0 aliphatic heterocycles. The molecule has 0 radical (unpaired) electrons. The summed E-state index contributed by atoms with van der Waals surface area (Å²) < 4.78 is 5.05. The monoisotopic (exact) mass is 553 g/mol. The van der Waals surface area contributed by atoms with Crippen LogP contribution in [0.15, 0.2) is 78.1 Å². The minimum Gasteiger partial charge on any atom is -0.344 e. The number of carbonyl (C=O) groups is 1. The number of rotatable bonds is 4. The van der Waals surface area contributed by atoms with Crippen LogP contribution in [-0.4, -0.2) is 34.9 Å². The van der Waals surface area contributed by atoms with Crippen molar-refractivity contribution in [2.45, 2.75) is 32.7 Å². The minimum atomic E-state index is -0.487. The van der Waals surface area contributed by atoms with E-state index in [-0.39, 0.29) is 11.5 Å². The topological polar surface area (TPSA) is 99.1 Å². The maximum Gasteiger partial charge on any atom is 0.264 e. The van der Waals surface area contributed by atoms with E-state index in [0.717, 1.165) is 46.3 Å². The van der Waals surface area contributed by atoms with Crippen molar-refractivity contribution in [3.63, 3.8) is 0 Å². The van der Waals surface area contributed by atoms with Gasteiger partial charge >= 0.3 is 0 Å². The fourth-order valence-corrected chi connectivity index (χ4v) is 6.04. The maximum absolute atomic E-state index is 14.5. The summed E-state index contributed by atoms with van der Waals surface area (Å²) in [4.78, 5) is 32.6. The summed E-state index contributed by atoms with van der Waals surface area (Å²) in [5.74, 6) is 6.12. The van der Waals surface area contributed by atoms with E-state index >= 15 is 0 Å². The first-order valence-electron chi connectivity index (χ1n) is 13.8. The van der Waals surface area contributed by atoms with E-state index in [2.05, 4.69) is 38.4 Å². The molecular weight excluding hydrogens is 526 g/mol. The molecule has 1 aliphatic carbocycles. The van der Waals surface area contributed by atoms with Crippen LogP contribution in [-0.2, 0) is 19.9 Å². The van der Waals surface area contributed by atoms with Gasteiger partial charge in [0.15, 0.2) is 5.65 Å². The highest BCUT2D eigenvalue weighted by atomic mass is 16.2. The summed E-state index contributed by atoms with van der Waals surface area (Å²) in [5, 5.41) is 13.4. The number of amides is 1. The molecule has 7 rings (SSSR count). The Kier molecular flexibility index (Phi) is 5.98. The van der Waals surface area contributed by atoms with Crippen molar-refractivity contribution in [3.05, 3.63) is 123 Å². The molecule has 9 nitrogen and oxygen atoms in total. The second-order valence-electron chi connectivity index (χ2n) is 10.6. The number of para-hydroxylation sites is 1. The summed E-state index contributed by atoms with van der Waals surface area (Å²) in [7, 11) is 1.84. The van der Waals surface area contributed by atoms with E-state index < -0.39 is 6.04 Å². The fourth-order valence-electron chi connectivity index (χ4n) is 6.04. The molecule has 0 unspecified atom stereocenters. The van der Waals surface area contributed by atoms with E-state index in [9.17, 15) is 9.59 Å². The van der Waals surface area contributed by atoms with Crippen LogP contribution in [0.25, 0.3) is 22.1 Å². The van der Waals surface area contributed by atoms with E-state index in [0.29, 0.717) is 27.9 Å². The first kappa shape index (κ1) is 25.5. The lowest BCUT2D eigenvalue weighted by Crippen LogP contribution is -2.33. The number of hydrogen-bond acceptors (Lipinski definition) is 5. The molecule has 0 saturated heterocycles. The van der Waals surface area contributed by atoms with E-state index in [1.165, 1.54) is 0 Å². The molecule has 1 N–H and O–H groups in total. The van der Waals surface area contributed by atoms with Gasteiger partial charge in [0.2, 0.25) is 0 Å². The van der Waals surface area contributed by atoms with Gasteiger partial charge in [0.1, 0.15) is 5.56 Å². The summed E-state index contributed by atoms with van der Waals surface area (Å²) in [6.45, 7) is 3.72. The Hall–Kier alpha value is -5.49. The lowest BCUT2D eigenvalue weighted by Gasteiger charge is -2.24. The zero-order valence-electron chi connectivity index (χ0n) is 23.4. The van der Waals surface area contributed by atoms with Gasteiger partial charge in [-0.3, -0.25) is 18.8 Å². The third-order valence-corrected chi connectivity index (χ3v) is 7.82. The molecule has 4 aromatic heterocycles. The van der Waals surface area contributed by atoms with E-state index in [1.54, 1.807) is 45.3 Å². The molecule has 206 valence electrons. The van der Waals surface area contributed by atoms with Crippen molar-refractivity contribution in [1.29, 1.82) is 0 Å². The second-order valence-corrected chi connectivity index (χ2v) is 10.6. The molecule has 1 amide bonds. The zero-order valence-corrected chi connectivity index (χ0v) is 23.4. The van der Waals surface area contributed by atoms with Crippen LogP contribution in [0.5, 0.6) is 0 Å². The van der Waals surface area contributed by atoms with Crippen LogP contribution in [0, 0.1) is 18.8 Å². The number of pyridine rings is 1. The Morgan fingerprint density at radius 3 is 2.67 bits per heavy atom. The van der Waals surface area contributed by atoms with Crippen molar-refractivity contribution < 1.29 is 4.79 Å². The third-order valence-electron chi connectivity index (χ3n) is 7.82. The molecule has 4 heterocycles. The molecule has 1 aliphatic rings. The van der Waals surface area contributed by atoms with E-state index in [1.807, 2.05) is 56.6 Å². The lowest BCUT2D eigenvalue weighted by atomic mass is 9.97. The van der Waals surface area contributed by atoms with Gasteiger partial charge in [0.25, 0.3) is 11.5 Å². The lowest BCUT2D eigenvalue weighted by molar-refractivity contribution is 0.0939. The molecule has 0 saturated carbocycles. The van der Waals surface area contributed by atoms with Crippen LogP contribution in [0.2, 0.25) is 0 Å². The number of aromatic nitrogens is 6. The highest BCUT2D eigenvalue weighted by molar-refractivity contribution is 6.01. The Labute approximate surface area is 241 Å². The Bertz CT molecular complexity index is 2160. The number of benzene rings is 2. The largest absolute Gasteiger partial charge is 0.344 e. The molecule has 0 fully saturated rings. The highest BCUT2D eigenvalue weighted by Crippen LogP contribution is 2.36. The summed E-state index contributed by atoms with van der Waals surface area (Å²) >= 11 is 0. The van der Waals surface area contributed by atoms with Gasteiger partial charge in [-0.1, -0.05) is 36.1 Å². The van der Waals surface area contributed by atoms with Crippen LogP contribution >= 0.6 is 0 Å². The normalized spacial score (nSPS) is 12.8. The zero-order chi connectivity index (χ0) is 29.0. The van der Waals surface area contributed by atoms with Gasteiger partial charge in [0, 0.05) is 36.9 Å². The molecule has 6 aromatic rings. The van der Waals surface area contributed by atoms with Gasteiger partial charge in [-0.15, -0.1) is 0 Å². The van der Waals surface area contributed by atoms with Crippen molar-refractivity contribution in [1.82, 2.24) is 34.3 Å². The van der Waals surface area contributed by atoms with E-state index in [4.69, 9.17) is 0 Å². The number of carbonyl (C=O) groups excluding carboxylic acids is 1. The molecule has 0 bridgehead atoms. The highest BCUT2D eigenvalue weighted by Gasteiger charge is 2.29. The molecule has 1 atom stereocenters. The molecular formula is C33H27N7O2. The number of nitrogens with one attached hydrogen (secondary N) is 1. The van der Waals surface area contributed by atoms with Crippen LogP contribution in [0.3, 0.4) is 0 Å². The average molecular weight is 554 g/mol. The number of aryl methyl sites for hydroxylation is 4. The Morgan fingerprint density at radius 2 is 1.88 bits per heavy atom. The van der Waals surface area contributed by atoms with Gasteiger partial charge < -0.3 is 5.32 Å². The summed E-state index contributed by atoms with van der Waals surface area (Å²) in [6, 6.07) is 14.9. The van der Waals surface area contributed by atoms with Gasteiger partial charge in [0.05, 0.1) is 34.6 Å². The van der Waals surface area contributed by atoms with Crippen LogP contribution < -0.4 is 10.9 Å². The maximum atomic E-state index is 14.5.